The highest BCUT2D eigenvalue weighted by Gasteiger charge is 1.96. The highest BCUT2D eigenvalue weighted by Crippen LogP contribution is 1.88. The normalized spacial score (nSPS) is 10.2. The molecular weight excluding hydrogens is 106 g/mol. The number of hydrogen-bond donors (Lipinski definition) is 0. The van der Waals surface area contributed by atoms with Crippen molar-refractivity contribution in [2.45, 2.75) is 6.92 Å². The molecule has 3 nitrogen and oxygen atoms in total. The second kappa shape index (κ2) is 2.80. The molecule has 0 aliphatic carbocycles. The zero-order valence-electron chi connectivity index (χ0n) is 4.42. The summed E-state index contributed by atoms with van der Waals surface area (Å²) in [6, 6.07) is 0. The Balaban J connectivity index is 4.06. The molecule has 0 fully saturated rings. The Bertz CT molecular complexity index is 164. The van der Waals surface area contributed by atoms with Crippen LogP contribution in [0, 0.1) is 22.5 Å². The Hall–Kier alpha value is -1.30. The van der Waals surface area contributed by atoms with Gasteiger partial charge in [0.05, 0.1) is 11.0 Å². The summed E-state index contributed by atoms with van der Waals surface area (Å²) >= 11 is 0. The Kier molecular flexibility index (Phi) is 2.35. The van der Waals surface area contributed by atoms with Gasteiger partial charge in [-0.25, -0.2) is 0 Å². The summed E-state index contributed by atoms with van der Waals surface area (Å²) in [7, 11) is 0. The van der Waals surface area contributed by atoms with Gasteiger partial charge in [-0.05, 0) is 0 Å². The van der Waals surface area contributed by atoms with Gasteiger partial charge in [0, 0.05) is 6.92 Å². The molecule has 0 unspecified atom stereocenters. The minimum atomic E-state index is -0.528. The molecule has 0 aromatic carbocycles. The first kappa shape index (κ1) is 6.70. The maximum atomic E-state index is 9.73. The molecule has 0 saturated heterocycles. The monoisotopic (exact) mass is 111 g/mol. The van der Waals surface area contributed by atoms with E-state index in [4.69, 9.17) is 6.42 Å². The van der Waals surface area contributed by atoms with Crippen molar-refractivity contribution in [3.8, 4) is 12.3 Å². The van der Waals surface area contributed by atoms with E-state index in [-0.39, 0.29) is 5.70 Å². The van der Waals surface area contributed by atoms with Crippen LogP contribution in [0.25, 0.3) is 0 Å². The van der Waals surface area contributed by atoms with Gasteiger partial charge in [-0.1, -0.05) is 5.92 Å². The average molecular weight is 111 g/mol. The van der Waals surface area contributed by atoms with Gasteiger partial charge in [0.25, 0.3) is 5.70 Å². The minimum absolute atomic E-state index is 0.00694. The second-order valence-electron chi connectivity index (χ2n) is 1.21. The van der Waals surface area contributed by atoms with Crippen LogP contribution in [0.2, 0.25) is 0 Å². The molecule has 0 aromatic rings. The van der Waals surface area contributed by atoms with Crippen molar-refractivity contribution in [1.29, 1.82) is 0 Å². The van der Waals surface area contributed by atoms with E-state index in [1.54, 1.807) is 0 Å². The van der Waals surface area contributed by atoms with Gasteiger partial charge in [-0.3, -0.25) is 10.1 Å². The molecule has 8 heavy (non-hydrogen) atoms. The lowest BCUT2D eigenvalue weighted by Gasteiger charge is -1.81. The molecular formula is C5H5NO2. The molecule has 0 rings (SSSR count). The predicted molar refractivity (Wildman–Crippen MR) is 29.6 cm³/mol. The van der Waals surface area contributed by atoms with Crippen molar-refractivity contribution in [2.24, 2.45) is 0 Å². The summed E-state index contributed by atoms with van der Waals surface area (Å²) in [6.45, 7) is 1.35. The first-order chi connectivity index (χ1) is 3.68. The van der Waals surface area contributed by atoms with Gasteiger partial charge in [-0.15, -0.1) is 6.42 Å². The van der Waals surface area contributed by atoms with E-state index < -0.39 is 4.92 Å². The summed E-state index contributed by atoms with van der Waals surface area (Å²) in [4.78, 5) is 9.20. The standard InChI is InChI=1S/C5H5NO2/c1-3-4-5(2)6(7)8/h1,4H,2H3/b5-4+. The Labute approximate surface area is 47.2 Å². The number of rotatable bonds is 1. The van der Waals surface area contributed by atoms with Gasteiger partial charge in [0.15, 0.2) is 0 Å². The van der Waals surface area contributed by atoms with E-state index in [0.717, 1.165) is 6.08 Å². The lowest BCUT2D eigenvalue weighted by Crippen LogP contribution is -1.91. The van der Waals surface area contributed by atoms with Crippen molar-refractivity contribution >= 4 is 0 Å². The molecule has 0 amide bonds. The van der Waals surface area contributed by atoms with Crippen LogP contribution in [0.15, 0.2) is 11.8 Å². The van der Waals surface area contributed by atoms with Crippen LogP contribution in [0.3, 0.4) is 0 Å². The topological polar surface area (TPSA) is 43.1 Å². The number of allylic oxidation sites excluding steroid dienone is 2. The van der Waals surface area contributed by atoms with Gasteiger partial charge in [0.1, 0.15) is 0 Å². The van der Waals surface area contributed by atoms with E-state index in [1.807, 2.05) is 5.92 Å². The van der Waals surface area contributed by atoms with Gasteiger partial charge in [-0.2, -0.15) is 0 Å². The summed E-state index contributed by atoms with van der Waals surface area (Å²) in [5.41, 5.74) is -0.00694. The Morgan fingerprint density at radius 1 is 2.00 bits per heavy atom. The van der Waals surface area contributed by atoms with Gasteiger partial charge >= 0.3 is 0 Å². The summed E-state index contributed by atoms with van der Waals surface area (Å²) in [5.74, 6) is 2.05. The average Bonchev–Trinajstić information content (AvgIpc) is 1.67. The molecule has 0 heterocycles. The fourth-order valence-corrected chi connectivity index (χ4v) is 0.173. The molecule has 0 radical (unpaired) electrons. The van der Waals surface area contributed by atoms with Crippen molar-refractivity contribution in [1.82, 2.24) is 0 Å². The first-order valence-corrected chi connectivity index (χ1v) is 1.95. The smallest absolute Gasteiger partial charge is 0.251 e. The number of nitrogens with zero attached hydrogens (tertiary/aromatic N) is 1. The summed E-state index contributed by atoms with van der Waals surface area (Å²) < 4.78 is 0. The van der Waals surface area contributed by atoms with Crippen LogP contribution in [0.4, 0.5) is 0 Å². The molecule has 0 atom stereocenters. The zero-order chi connectivity index (χ0) is 6.57. The lowest BCUT2D eigenvalue weighted by molar-refractivity contribution is -0.424. The third-order valence-electron chi connectivity index (χ3n) is 0.580. The highest BCUT2D eigenvalue weighted by atomic mass is 16.6. The van der Waals surface area contributed by atoms with Crippen molar-refractivity contribution in [3.63, 3.8) is 0 Å². The molecule has 0 aliphatic heterocycles. The number of terminal acetylenes is 1. The van der Waals surface area contributed by atoms with Crippen molar-refractivity contribution < 1.29 is 4.92 Å². The van der Waals surface area contributed by atoms with E-state index in [0.29, 0.717) is 0 Å². The van der Waals surface area contributed by atoms with Crippen LogP contribution in [0.1, 0.15) is 6.92 Å². The van der Waals surface area contributed by atoms with Crippen LogP contribution in [-0.2, 0) is 0 Å². The van der Waals surface area contributed by atoms with Crippen molar-refractivity contribution in [2.75, 3.05) is 0 Å². The predicted octanol–water partition coefficient (Wildman–Crippen LogP) is 0.800. The maximum Gasteiger partial charge on any atom is 0.251 e. The van der Waals surface area contributed by atoms with Crippen LogP contribution < -0.4 is 0 Å². The van der Waals surface area contributed by atoms with E-state index >= 15 is 0 Å². The van der Waals surface area contributed by atoms with Crippen LogP contribution in [0.5, 0.6) is 0 Å². The van der Waals surface area contributed by atoms with Crippen LogP contribution in [-0.4, -0.2) is 4.92 Å². The fourth-order valence-electron chi connectivity index (χ4n) is 0.173. The Morgan fingerprint density at radius 3 is 2.62 bits per heavy atom. The molecule has 0 bridgehead atoms. The van der Waals surface area contributed by atoms with E-state index in [2.05, 4.69) is 0 Å². The van der Waals surface area contributed by atoms with Crippen molar-refractivity contribution in [3.05, 3.63) is 21.9 Å². The molecule has 0 aromatic heterocycles. The summed E-state index contributed by atoms with van der Waals surface area (Å²) in [6.07, 6.45) is 5.85. The third-order valence-corrected chi connectivity index (χ3v) is 0.580. The van der Waals surface area contributed by atoms with Gasteiger partial charge < -0.3 is 0 Å². The minimum Gasteiger partial charge on any atom is -0.259 e. The molecule has 0 N–H and O–H groups in total. The van der Waals surface area contributed by atoms with E-state index in [1.165, 1.54) is 6.92 Å². The largest absolute Gasteiger partial charge is 0.259 e. The van der Waals surface area contributed by atoms with E-state index in [9.17, 15) is 10.1 Å². The molecule has 0 saturated carbocycles. The SMILES string of the molecule is C#C/C=C(\C)[N+](=O)[O-]. The number of nitro groups is 1. The second-order valence-corrected chi connectivity index (χ2v) is 1.21. The lowest BCUT2D eigenvalue weighted by atomic mass is 10.5. The quantitative estimate of drug-likeness (QED) is 0.285. The molecule has 3 heteroatoms. The van der Waals surface area contributed by atoms with Crippen LogP contribution >= 0.6 is 0 Å². The zero-order valence-corrected chi connectivity index (χ0v) is 4.42. The number of hydrogen-bond acceptors (Lipinski definition) is 2. The highest BCUT2D eigenvalue weighted by molar-refractivity contribution is 5.10. The van der Waals surface area contributed by atoms with Gasteiger partial charge in [0.2, 0.25) is 0 Å². The third kappa shape index (κ3) is 1.98. The first-order valence-electron chi connectivity index (χ1n) is 1.95. The maximum absolute atomic E-state index is 9.73. The Morgan fingerprint density at radius 2 is 2.50 bits per heavy atom. The molecule has 0 aliphatic rings. The summed E-state index contributed by atoms with van der Waals surface area (Å²) in [5, 5.41) is 9.73. The molecule has 0 spiro atoms. The molecule has 42 valence electrons. The fraction of sp³-hybridized carbons (Fsp3) is 0.200.